The van der Waals surface area contributed by atoms with E-state index in [0.29, 0.717) is 42.1 Å². The van der Waals surface area contributed by atoms with Crippen LogP contribution in [0.1, 0.15) is 19.4 Å². The van der Waals surface area contributed by atoms with Gasteiger partial charge in [-0.25, -0.2) is 23.4 Å². The molecule has 0 saturated heterocycles. The Balaban J connectivity index is 1.47. The second kappa shape index (κ2) is 11.6. The van der Waals surface area contributed by atoms with Crippen LogP contribution in [0.3, 0.4) is 0 Å². The molecule has 2 heterocycles. The van der Waals surface area contributed by atoms with Gasteiger partial charge in [0.1, 0.15) is 40.2 Å². The lowest BCUT2D eigenvalue weighted by Crippen LogP contribution is -2.15. The van der Waals surface area contributed by atoms with Gasteiger partial charge >= 0.3 is 0 Å². The number of aromatic nitrogens is 3. The molecule has 4 rings (SSSR count). The minimum absolute atomic E-state index is 0.00613. The van der Waals surface area contributed by atoms with Crippen molar-refractivity contribution in [2.24, 2.45) is 0 Å². The maximum Gasteiger partial charge on any atom is 0.265 e. The number of rotatable bonds is 11. The molecule has 0 aliphatic heterocycles. The number of hydrogen-bond acceptors (Lipinski definition) is 9. The van der Waals surface area contributed by atoms with E-state index in [9.17, 15) is 8.42 Å². The number of hydrogen-bond donors (Lipinski definition) is 3. The Morgan fingerprint density at radius 1 is 0.757 bits per heavy atom. The predicted molar refractivity (Wildman–Crippen MR) is 144 cm³/mol. The van der Waals surface area contributed by atoms with Gasteiger partial charge in [-0.3, -0.25) is 4.72 Å². The summed E-state index contributed by atoms with van der Waals surface area (Å²) < 4.78 is 39.9. The number of pyridine rings is 1. The van der Waals surface area contributed by atoms with Crippen molar-refractivity contribution in [1.82, 2.24) is 15.0 Å². The van der Waals surface area contributed by atoms with Crippen molar-refractivity contribution < 1.29 is 17.9 Å². The lowest BCUT2D eigenvalue weighted by molar-refractivity contribution is 0.322. The molecule has 0 aliphatic rings. The van der Waals surface area contributed by atoms with Gasteiger partial charge in [0, 0.05) is 29.7 Å². The molecule has 10 nitrogen and oxygen atoms in total. The third-order valence-electron chi connectivity index (χ3n) is 5.06. The standard InChI is InChI=1S/C26H28N6O4S/c1-4-35-21-10-11-22(36-5-2)23(15-21)37(33,34)32-20-8-6-19(7-9-20)30-25-16-26(29-17-28-25)31-24-14-18(3)12-13-27-24/h6-17,32H,4-5H2,1-3H3,(H2,27,28,29,30,31). The SMILES string of the molecule is CCOc1ccc(OCC)c(S(=O)(=O)Nc2ccc(Nc3cc(Nc4cc(C)ccn4)ncn3)cc2)c1. The van der Waals surface area contributed by atoms with Gasteiger partial charge in [-0.1, -0.05) is 0 Å². The van der Waals surface area contributed by atoms with Crippen molar-refractivity contribution >= 4 is 38.9 Å². The lowest BCUT2D eigenvalue weighted by Gasteiger charge is -2.14. The maximum atomic E-state index is 13.1. The lowest BCUT2D eigenvalue weighted by atomic mass is 10.3. The minimum Gasteiger partial charge on any atom is -0.494 e. The van der Waals surface area contributed by atoms with E-state index in [4.69, 9.17) is 9.47 Å². The maximum absolute atomic E-state index is 13.1. The minimum atomic E-state index is -3.93. The van der Waals surface area contributed by atoms with E-state index in [1.54, 1.807) is 55.6 Å². The van der Waals surface area contributed by atoms with Crippen LogP contribution in [0, 0.1) is 6.92 Å². The Morgan fingerprint density at radius 3 is 2.14 bits per heavy atom. The quantitative estimate of drug-likeness (QED) is 0.242. The van der Waals surface area contributed by atoms with Crippen LogP contribution in [0.2, 0.25) is 0 Å². The number of ether oxygens (including phenoxy) is 2. The highest BCUT2D eigenvalue weighted by Crippen LogP contribution is 2.30. The summed E-state index contributed by atoms with van der Waals surface area (Å²) in [5.74, 6) is 2.53. The normalized spacial score (nSPS) is 11.0. The zero-order valence-corrected chi connectivity index (χ0v) is 21.5. The second-order valence-electron chi connectivity index (χ2n) is 7.91. The van der Waals surface area contributed by atoms with Gasteiger partial charge in [0.25, 0.3) is 10.0 Å². The highest BCUT2D eigenvalue weighted by molar-refractivity contribution is 7.92. The van der Waals surface area contributed by atoms with Crippen LogP contribution in [0.15, 0.2) is 78.1 Å². The highest BCUT2D eigenvalue weighted by Gasteiger charge is 2.21. The van der Waals surface area contributed by atoms with E-state index in [1.165, 1.54) is 12.4 Å². The van der Waals surface area contributed by atoms with Crippen LogP contribution < -0.4 is 24.8 Å². The molecule has 11 heteroatoms. The summed E-state index contributed by atoms with van der Waals surface area (Å²) >= 11 is 0. The number of anilines is 5. The summed E-state index contributed by atoms with van der Waals surface area (Å²) in [4.78, 5) is 12.8. The summed E-state index contributed by atoms with van der Waals surface area (Å²) in [6.07, 6.45) is 3.16. The number of nitrogens with zero attached hydrogens (tertiary/aromatic N) is 3. The number of sulfonamides is 1. The second-order valence-corrected chi connectivity index (χ2v) is 9.57. The van der Waals surface area contributed by atoms with E-state index in [0.717, 1.165) is 11.3 Å². The zero-order valence-electron chi connectivity index (χ0n) is 20.7. The van der Waals surface area contributed by atoms with Crippen LogP contribution in [0.4, 0.5) is 28.8 Å². The third kappa shape index (κ3) is 6.85. The first-order valence-corrected chi connectivity index (χ1v) is 13.2. The topological polar surface area (TPSA) is 127 Å². The molecule has 37 heavy (non-hydrogen) atoms. The van der Waals surface area contributed by atoms with Gasteiger partial charge in [0.05, 0.1) is 13.2 Å². The molecule has 0 bridgehead atoms. The molecule has 0 spiro atoms. The third-order valence-corrected chi connectivity index (χ3v) is 6.47. The van der Waals surface area contributed by atoms with Crippen LogP contribution >= 0.6 is 0 Å². The number of aryl methyl sites for hydroxylation is 1. The Morgan fingerprint density at radius 2 is 1.43 bits per heavy atom. The van der Waals surface area contributed by atoms with Crippen molar-refractivity contribution in [3.05, 3.63) is 78.8 Å². The molecule has 2 aromatic heterocycles. The fourth-order valence-corrected chi connectivity index (χ4v) is 4.66. The molecular weight excluding hydrogens is 492 g/mol. The Labute approximate surface area is 216 Å². The van der Waals surface area contributed by atoms with E-state index in [2.05, 4.69) is 30.3 Å². The molecule has 0 aliphatic carbocycles. The van der Waals surface area contributed by atoms with Crippen molar-refractivity contribution in [1.29, 1.82) is 0 Å². The summed E-state index contributed by atoms with van der Waals surface area (Å²) in [6.45, 7) is 6.36. The molecule has 0 atom stereocenters. The van der Waals surface area contributed by atoms with Crippen LogP contribution in [-0.4, -0.2) is 36.6 Å². The van der Waals surface area contributed by atoms with Crippen molar-refractivity contribution in [3.8, 4) is 11.5 Å². The summed E-state index contributed by atoms with van der Waals surface area (Å²) in [7, 11) is -3.93. The monoisotopic (exact) mass is 520 g/mol. The van der Waals surface area contributed by atoms with Crippen molar-refractivity contribution in [2.75, 3.05) is 28.6 Å². The Hall–Kier alpha value is -4.38. The Kier molecular flexibility index (Phi) is 8.04. The molecule has 4 aromatic rings. The molecule has 2 aromatic carbocycles. The number of nitrogens with one attached hydrogen (secondary N) is 3. The molecule has 3 N–H and O–H groups in total. The summed E-state index contributed by atoms with van der Waals surface area (Å²) in [5.41, 5.74) is 2.19. The van der Waals surface area contributed by atoms with Gasteiger partial charge < -0.3 is 20.1 Å². The smallest absolute Gasteiger partial charge is 0.265 e. The van der Waals surface area contributed by atoms with E-state index in [-0.39, 0.29) is 10.6 Å². The summed E-state index contributed by atoms with van der Waals surface area (Å²) in [5, 5.41) is 6.33. The highest BCUT2D eigenvalue weighted by atomic mass is 32.2. The average molecular weight is 521 g/mol. The first kappa shape index (κ1) is 25.7. The molecule has 0 saturated carbocycles. The van der Waals surface area contributed by atoms with E-state index < -0.39 is 10.0 Å². The molecule has 0 amide bonds. The van der Waals surface area contributed by atoms with Crippen molar-refractivity contribution in [2.45, 2.75) is 25.7 Å². The van der Waals surface area contributed by atoms with Crippen LogP contribution in [-0.2, 0) is 10.0 Å². The van der Waals surface area contributed by atoms with E-state index in [1.807, 2.05) is 26.0 Å². The van der Waals surface area contributed by atoms with Gasteiger partial charge in [0.15, 0.2) is 0 Å². The molecule has 192 valence electrons. The first-order valence-electron chi connectivity index (χ1n) is 11.7. The Bertz CT molecular complexity index is 1460. The van der Waals surface area contributed by atoms with Crippen molar-refractivity contribution in [3.63, 3.8) is 0 Å². The zero-order chi connectivity index (χ0) is 26.3. The number of benzene rings is 2. The van der Waals surface area contributed by atoms with Gasteiger partial charge in [-0.2, -0.15) is 0 Å². The molecule has 0 radical (unpaired) electrons. The molecule has 0 fully saturated rings. The van der Waals surface area contributed by atoms with E-state index >= 15 is 0 Å². The van der Waals surface area contributed by atoms with Crippen LogP contribution in [0.5, 0.6) is 11.5 Å². The first-order chi connectivity index (χ1) is 17.9. The molecular formula is C26H28N6O4S. The summed E-state index contributed by atoms with van der Waals surface area (Å²) in [6, 6.07) is 17.1. The van der Waals surface area contributed by atoms with Gasteiger partial charge in [-0.15, -0.1) is 0 Å². The van der Waals surface area contributed by atoms with Crippen LogP contribution in [0.25, 0.3) is 0 Å². The van der Waals surface area contributed by atoms with Gasteiger partial charge in [0.2, 0.25) is 0 Å². The fourth-order valence-electron chi connectivity index (χ4n) is 3.44. The predicted octanol–water partition coefficient (Wildman–Crippen LogP) is 5.27. The van der Waals surface area contributed by atoms with Gasteiger partial charge in [-0.05, 0) is 74.9 Å². The fraction of sp³-hybridized carbons (Fsp3) is 0.192. The largest absolute Gasteiger partial charge is 0.494 e. The average Bonchev–Trinajstić information content (AvgIpc) is 2.86. The molecule has 0 unspecified atom stereocenters.